The van der Waals surface area contributed by atoms with Gasteiger partial charge in [-0.2, -0.15) is 5.26 Å². The Bertz CT molecular complexity index is 888. The number of aromatic amines is 1. The second-order valence-electron chi connectivity index (χ2n) is 6.41. The minimum Gasteiger partial charge on any atom is -0.359 e. The number of hydrogen-bond acceptors (Lipinski definition) is 3. The van der Waals surface area contributed by atoms with Gasteiger partial charge in [-0.25, -0.2) is 0 Å². The first-order valence-corrected chi connectivity index (χ1v) is 9.16. The molecule has 3 rings (SSSR count). The summed E-state index contributed by atoms with van der Waals surface area (Å²) in [5.41, 5.74) is 6.58. The van der Waals surface area contributed by atoms with E-state index in [0.717, 1.165) is 41.4 Å². The Morgan fingerprint density at radius 2 is 1.88 bits per heavy atom. The maximum Gasteiger partial charge on any atom is 0.101 e. The zero-order chi connectivity index (χ0) is 17.6. The highest BCUT2D eigenvalue weighted by Crippen LogP contribution is 2.32. The number of nitrogens with one attached hydrogen (secondary N) is 2. The Morgan fingerprint density at radius 1 is 1.08 bits per heavy atom. The monoisotopic (exact) mass is 349 g/mol. The number of fused-ring (bicyclic) bond motifs is 1. The summed E-state index contributed by atoms with van der Waals surface area (Å²) in [6.07, 6.45) is 6.49. The molecule has 0 aliphatic carbocycles. The molecule has 1 aromatic heterocycles. The summed E-state index contributed by atoms with van der Waals surface area (Å²) < 4.78 is 2.89. The lowest BCUT2D eigenvalue weighted by Gasteiger charge is -2.08. The molecule has 0 aliphatic heterocycles. The summed E-state index contributed by atoms with van der Waals surface area (Å²) in [7, 11) is 0. The van der Waals surface area contributed by atoms with Gasteiger partial charge in [0, 0.05) is 23.7 Å². The van der Waals surface area contributed by atoms with Crippen LogP contribution in [0.1, 0.15) is 36.0 Å². The van der Waals surface area contributed by atoms with Crippen molar-refractivity contribution in [2.45, 2.75) is 32.6 Å². The molecule has 128 valence electrons. The summed E-state index contributed by atoms with van der Waals surface area (Å²) in [5, 5.41) is 10.3. The molecule has 2 aromatic carbocycles. The number of aromatic nitrogens is 1. The predicted molar refractivity (Wildman–Crippen MR) is 108 cm³/mol. The van der Waals surface area contributed by atoms with Crippen LogP contribution in [0.4, 0.5) is 0 Å². The van der Waals surface area contributed by atoms with E-state index in [9.17, 15) is 5.26 Å². The Hall–Kier alpha value is -2.22. The van der Waals surface area contributed by atoms with Crippen molar-refractivity contribution in [3.63, 3.8) is 0 Å². The van der Waals surface area contributed by atoms with Crippen LogP contribution in [0, 0.1) is 18.3 Å². The number of aryl methyl sites for hydroxylation is 2. The Labute approximate surface area is 154 Å². The van der Waals surface area contributed by atoms with Crippen LogP contribution in [0.2, 0.25) is 0 Å². The standard InChI is InChI=1S/C21H23N3S/c1-15-6-11-19(21-20(15)18(13-22)14-23-21)17-9-7-16(8-10-17)5-3-2-4-12-24-25/h6-11,14,23-25H,2-5,12H2,1H3. The van der Waals surface area contributed by atoms with Crippen LogP contribution in [0.3, 0.4) is 0 Å². The number of nitriles is 1. The number of unbranched alkanes of at least 4 members (excludes halogenated alkanes) is 2. The van der Waals surface area contributed by atoms with Gasteiger partial charge in [0.15, 0.2) is 0 Å². The zero-order valence-corrected chi connectivity index (χ0v) is 15.4. The maximum atomic E-state index is 9.31. The zero-order valence-electron chi connectivity index (χ0n) is 14.5. The predicted octanol–water partition coefficient (Wildman–Crippen LogP) is 5.16. The topological polar surface area (TPSA) is 51.6 Å². The molecule has 0 saturated heterocycles. The molecule has 0 amide bonds. The van der Waals surface area contributed by atoms with Crippen LogP contribution >= 0.6 is 12.8 Å². The van der Waals surface area contributed by atoms with E-state index < -0.39 is 0 Å². The van der Waals surface area contributed by atoms with Gasteiger partial charge in [-0.05, 0) is 42.9 Å². The van der Waals surface area contributed by atoms with Gasteiger partial charge in [-0.3, -0.25) is 4.72 Å². The van der Waals surface area contributed by atoms with Gasteiger partial charge in [-0.15, -0.1) is 0 Å². The summed E-state index contributed by atoms with van der Waals surface area (Å²) in [5.74, 6) is 0. The van der Waals surface area contributed by atoms with E-state index in [1.807, 2.05) is 6.92 Å². The lowest BCUT2D eigenvalue weighted by Crippen LogP contribution is -2.00. The molecule has 25 heavy (non-hydrogen) atoms. The van der Waals surface area contributed by atoms with E-state index in [4.69, 9.17) is 0 Å². The first-order chi connectivity index (χ1) is 12.2. The maximum absolute atomic E-state index is 9.31. The number of hydrogen-bond donors (Lipinski definition) is 3. The van der Waals surface area contributed by atoms with Crippen LogP contribution in [0.25, 0.3) is 22.0 Å². The van der Waals surface area contributed by atoms with Crippen LogP contribution < -0.4 is 4.72 Å². The van der Waals surface area contributed by atoms with Crippen molar-refractivity contribution in [2.24, 2.45) is 0 Å². The van der Waals surface area contributed by atoms with Gasteiger partial charge in [0.1, 0.15) is 6.07 Å². The highest BCUT2D eigenvalue weighted by Gasteiger charge is 2.11. The number of rotatable bonds is 7. The van der Waals surface area contributed by atoms with E-state index >= 15 is 0 Å². The van der Waals surface area contributed by atoms with Crippen LogP contribution in [-0.2, 0) is 6.42 Å². The summed E-state index contributed by atoms with van der Waals surface area (Å²) in [6, 6.07) is 15.3. The lowest BCUT2D eigenvalue weighted by molar-refractivity contribution is 0.674. The molecule has 0 bridgehead atoms. The molecule has 3 nitrogen and oxygen atoms in total. The summed E-state index contributed by atoms with van der Waals surface area (Å²) in [6.45, 7) is 3.01. The molecule has 4 heteroatoms. The molecule has 0 radical (unpaired) electrons. The van der Waals surface area contributed by atoms with Crippen molar-refractivity contribution in [3.05, 3.63) is 59.3 Å². The molecule has 0 fully saturated rings. The van der Waals surface area contributed by atoms with Crippen LogP contribution in [0.5, 0.6) is 0 Å². The fourth-order valence-corrected chi connectivity index (χ4v) is 3.47. The van der Waals surface area contributed by atoms with Crippen molar-refractivity contribution in [2.75, 3.05) is 6.54 Å². The lowest BCUT2D eigenvalue weighted by atomic mass is 9.97. The molecule has 2 N–H and O–H groups in total. The van der Waals surface area contributed by atoms with Crippen molar-refractivity contribution in [1.29, 1.82) is 5.26 Å². The van der Waals surface area contributed by atoms with Gasteiger partial charge in [0.2, 0.25) is 0 Å². The third kappa shape index (κ3) is 3.89. The third-order valence-corrected chi connectivity index (χ3v) is 4.91. The largest absolute Gasteiger partial charge is 0.359 e. The molecule has 0 unspecified atom stereocenters. The van der Waals surface area contributed by atoms with E-state index in [-0.39, 0.29) is 0 Å². The van der Waals surface area contributed by atoms with Gasteiger partial charge >= 0.3 is 0 Å². The minimum atomic E-state index is 0.710. The van der Waals surface area contributed by atoms with Crippen LogP contribution in [-0.4, -0.2) is 11.5 Å². The Morgan fingerprint density at radius 3 is 2.60 bits per heavy atom. The SMILES string of the molecule is Cc1ccc(-c2ccc(CCCCCNS)cc2)c2[nH]cc(C#N)c12. The molecule has 0 atom stereocenters. The quantitative estimate of drug-likeness (QED) is 0.407. The van der Waals surface area contributed by atoms with E-state index in [2.05, 4.69) is 65.0 Å². The first kappa shape index (κ1) is 17.6. The summed E-state index contributed by atoms with van der Waals surface area (Å²) in [4.78, 5) is 3.28. The van der Waals surface area contributed by atoms with Crippen molar-refractivity contribution in [3.8, 4) is 17.2 Å². The molecule has 1 heterocycles. The molecule has 0 saturated carbocycles. The first-order valence-electron chi connectivity index (χ1n) is 8.71. The minimum absolute atomic E-state index is 0.710. The second-order valence-corrected chi connectivity index (χ2v) is 6.73. The van der Waals surface area contributed by atoms with Crippen molar-refractivity contribution in [1.82, 2.24) is 9.71 Å². The average molecular weight is 350 g/mol. The Kier molecular flexibility index (Phi) is 5.80. The van der Waals surface area contributed by atoms with Crippen molar-refractivity contribution < 1.29 is 0 Å². The van der Waals surface area contributed by atoms with Gasteiger partial charge < -0.3 is 4.98 Å². The van der Waals surface area contributed by atoms with Gasteiger partial charge in [-0.1, -0.05) is 55.6 Å². The summed E-state index contributed by atoms with van der Waals surface area (Å²) >= 11 is 4.01. The smallest absolute Gasteiger partial charge is 0.101 e. The third-order valence-electron chi connectivity index (χ3n) is 4.68. The number of thiol groups is 1. The Balaban J connectivity index is 1.79. The van der Waals surface area contributed by atoms with E-state index in [0.29, 0.717) is 5.56 Å². The second kappa shape index (κ2) is 8.24. The average Bonchev–Trinajstić information content (AvgIpc) is 3.08. The van der Waals surface area contributed by atoms with Gasteiger partial charge in [0.05, 0.1) is 11.1 Å². The van der Waals surface area contributed by atoms with E-state index in [1.165, 1.54) is 24.0 Å². The van der Waals surface area contributed by atoms with Gasteiger partial charge in [0.25, 0.3) is 0 Å². The fourth-order valence-electron chi connectivity index (χ4n) is 3.31. The fraction of sp³-hybridized carbons (Fsp3) is 0.286. The van der Waals surface area contributed by atoms with Crippen LogP contribution in [0.15, 0.2) is 42.6 Å². The number of H-pyrrole nitrogens is 1. The normalized spacial score (nSPS) is 10.9. The van der Waals surface area contributed by atoms with E-state index in [1.54, 1.807) is 6.20 Å². The molecule has 3 aromatic rings. The molecular weight excluding hydrogens is 326 g/mol. The number of nitrogens with zero attached hydrogens (tertiary/aromatic N) is 1. The highest BCUT2D eigenvalue weighted by atomic mass is 32.1. The molecular formula is C21H23N3S. The van der Waals surface area contributed by atoms with Crippen molar-refractivity contribution >= 4 is 23.7 Å². The molecule has 0 spiro atoms. The number of benzene rings is 2. The highest BCUT2D eigenvalue weighted by molar-refractivity contribution is 7.78. The molecule has 0 aliphatic rings.